The molecule has 0 spiro atoms. The third-order valence-electron chi connectivity index (χ3n) is 5.12. The number of rotatable bonds is 3. The summed E-state index contributed by atoms with van der Waals surface area (Å²) in [6.07, 6.45) is 1.12. The number of hydrogen-bond donors (Lipinski definition) is 3. The van der Waals surface area contributed by atoms with Gasteiger partial charge in [-0.2, -0.15) is 0 Å². The minimum Gasteiger partial charge on any atom is -0.391 e. The highest BCUT2D eigenvalue weighted by atomic mass is 32.1. The van der Waals surface area contributed by atoms with Gasteiger partial charge in [-0.15, -0.1) is 11.3 Å². The van der Waals surface area contributed by atoms with Crippen LogP contribution in [0.1, 0.15) is 23.3 Å². The maximum atomic E-state index is 12.5. The van der Waals surface area contributed by atoms with Crippen molar-refractivity contribution in [2.75, 3.05) is 13.1 Å². The van der Waals surface area contributed by atoms with Crippen LogP contribution in [-0.2, 0) is 0 Å². The Hall–Kier alpha value is -1.76. The van der Waals surface area contributed by atoms with Gasteiger partial charge in [0.1, 0.15) is 10.7 Å². The number of nitrogens with one attached hydrogen (secondary N) is 2. The SMILES string of the molecule is O=C(N[C@H]1C[C@H]2CNC[C@H]2C[C@@H]1O)c1csc(-c2ccccc2)n1. The van der Waals surface area contributed by atoms with Crippen molar-refractivity contribution in [2.24, 2.45) is 11.8 Å². The third-order valence-corrected chi connectivity index (χ3v) is 6.01. The summed E-state index contributed by atoms with van der Waals surface area (Å²) in [6.45, 7) is 1.97. The predicted molar refractivity (Wildman–Crippen MR) is 93.9 cm³/mol. The summed E-state index contributed by atoms with van der Waals surface area (Å²) in [5.74, 6) is 0.896. The number of thiazole rings is 1. The van der Waals surface area contributed by atoms with E-state index in [1.54, 1.807) is 5.38 Å². The number of hydrogen-bond acceptors (Lipinski definition) is 5. The lowest BCUT2D eigenvalue weighted by Gasteiger charge is -2.35. The monoisotopic (exact) mass is 343 g/mol. The maximum absolute atomic E-state index is 12.5. The summed E-state index contributed by atoms with van der Waals surface area (Å²) in [4.78, 5) is 17.0. The fourth-order valence-electron chi connectivity index (χ4n) is 3.79. The lowest BCUT2D eigenvalue weighted by molar-refractivity contribution is 0.0460. The van der Waals surface area contributed by atoms with Crippen LogP contribution in [0.4, 0.5) is 0 Å². The van der Waals surface area contributed by atoms with E-state index < -0.39 is 6.10 Å². The van der Waals surface area contributed by atoms with E-state index in [4.69, 9.17) is 0 Å². The predicted octanol–water partition coefficient (Wildman–Crippen LogP) is 1.90. The molecule has 1 saturated heterocycles. The van der Waals surface area contributed by atoms with E-state index in [0.29, 0.717) is 17.5 Å². The zero-order valence-corrected chi connectivity index (χ0v) is 14.1. The van der Waals surface area contributed by atoms with Crippen LogP contribution in [-0.4, -0.2) is 41.2 Å². The van der Waals surface area contributed by atoms with E-state index in [0.717, 1.165) is 36.5 Å². The number of fused-ring (bicyclic) bond motifs is 1. The Morgan fingerprint density at radius 1 is 1.21 bits per heavy atom. The molecule has 1 saturated carbocycles. The number of nitrogens with zero attached hydrogens (tertiary/aromatic N) is 1. The number of carbonyl (C=O) groups is 1. The summed E-state index contributed by atoms with van der Waals surface area (Å²) in [5.41, 5.74) is 1.44. The molecule has 2 aliphatic rings. The topological polar surface area (TPSA) is 74.2 Å². The zero-order valence-electron chi connectivity index (χ0n) is 13.3. The van der Waals surface area contributed by atoms with E-state index >= 15 is 0 Å². The summed E-state index contributed by atoms with van der Waals surface area (Å²) in [6, 6.07) is 9.67. The van der Waals surface area contributed by atoms with Gasteiger partial charge < -0.3 is 15.7 Å². The highest BCUT2D eigenvalue weighted by Crippen LogP contribution is 2.33. The summed E-state index contributed by atoms with van der Waals surface area (Å²) >= 11 is 1.46. The largest absolute Gasteiger partial charge is 0.391 e. The van der Waals surface area contributed by atoms with Crippen LogP contribution in [0.25, 0.3) is 10.6 Å². The minimum absolute atomic E-state index is 0.180. The van der Waals surface area contributed by atoms with Crippen molar-refractivity contribution in [3.05, 3.63) is 41.4 Å². The number of aliphatic hydroxyl groups excluding tert-OH is 1. The van der Waals surface area contributed by atoms with Crippen LogP contribution in [0.5, 0.6) is 0 Å². The van der Waals surface area contributed by atoms with Crippen molar-refractivity contribution in [3.8, 4) is 10.6 Å². The van der Waals surface area contributed by atoms with Gasteiger partial charge in [0.25, 0.3) is 5.91 Å². The highest BCUT2D eigenvalue weighted by Gasteiger charge is 2.39. The number of carbonyl (C=O) groups excluding carboxylic acids is 1. The van der Waals surface area contributed by atoms with E-state index in [1.165, 1.54) is 11.3 Å². The summed E-state index contributed by atoms with van der Waals surface area (Å²) in [7, 11) is 0. The molecule has 5 nitrogen and oxygen atoms in total. The standard InChI is InChI=1S/C18H21N3O2S/c22-16-7-13-9-19-8-12(13)6-14(16)20-17(23)15-10-24-18(21-15)11-4-2-1-3-5-11/h1-5,10,12-14,16,19,22H,6-9H2,(H,20,23)/t12-,13+,14-,16-/m0/s1. The molecule has 0 bridgehead atoms. The first-order valence-electron chi connectivity index (χ1n) is 8.41. The van der Waals surface area contributed by atoms with Crippen LogP contribution in [0, 0.1) is 11.8 Å². The van der Waals surface area contributed by atoms with Crippen LogP contribution < -0.4 is 10.6 Å². The molecular formula is C18H21N3O2S. The smallest absolute Gasteiger partial charge is 0.271 e. The van der Waals surface area contributed by atoms with Crippen LogP contribution in [0.3, 0.4) is 0 Å². The average Bonchev–Trinajstić information content (AvgIpc) is 3.25. The quantitative estimate of drug-likeness (QED) is 0.796. The molecule has 1 aliphatic heterocycles. The van der Waals surface area contributed by atoms with Crippen LogP contribution in [0.2, 0.25) is 0 Å². The molecule has 0 unspecified atom stereocenters. The van der Waals surface area contributed by atoms with Crippen molar-refractivity contribution < 1.29 is 9.90 Å². The van der Waals surface area contributed by atoms with Gasteiger partial charge in [0, 0.05) is 10.9 Å². The third kappa shape index (κ3) is 3.09. The Bertz CT molecular complexity index is 718. The van der Waals surface area contributed by atoms with Crippen molar-refractivity contribution in [2.45, 2.75) is 25.0 Å². The zero-order chi connectivity index (χ0) is 16.5. The van der Waals surface area contributed by atoms with Gasteiger partial charge in [-0.25, -0.2) is 4.98 Å². The van der Waals surface area contributed by atoms with E-state index in [2.05, 4.69) is 15.6 Å². The Morgan fingerprint density at radius 3 is 2.75 bits per heavy atom. The van der Waals surface area contributed by atoms with Crippen LogP contribution in [0.15, 0.2) is 35.7 Å². The molecule has 1 aromatic heterocycles. The second kappa shape index (κ2) is 6.63. The second-order valence-corrected chi connectivity index (χ2v) is 7.56. The Morgan fingerprint density at radius 2 is 1.96 bits per heavy atom. The first-order chi connectivity index (χ1) is 11.7. The highest BCUT2D eigenvalue weighted by molar-refractivity contribution is 7.13. The Kier molecular flexibility index (Phi) is 4.35. The normalized spacial score (nSPS) is 29.2. The Balaban J connectivity index is 1.44. The molecule has 2 heterocycles. The molecule has 1 aliphatic carbocycles. The van der Waals surface area contributed by atoms with Crippen molar-refractivity contribution >= 4 is 17.2 Å². The first-order valence-corrected chi connectivity index (χ1v) is 9.29. The van der Waals surface area contributed by atoms with Crippen LogP contribution >= 0.6 is 11.3 Å². The molecule has 126 valence electrons. The molecule has 3 N–H and O–H groups in total. The van der Waals surface area contributed by atoms with Gasteiger partial charge in [-0.3, -0.25) is 4.79 Å². The van der Waals surface area contributed by atoms with Gasteiger partial charge in [0.05, 0.1) is 12.1 Å². The molecule has 24 heavy (non-hydrogen) atoms. The average molecular weight is 343 g/mol. The number of aromatic nitrogens is 1. The summed E-state index contributed by atoms with van der Waals surface area (Å²) < 4.78 is 0. The lowest BCUT2D eigenvalue weighted by Crippen LogP contribution is -2.49. The molecule has 6 heteroatoms. The van der Waals surface area contributed by atoms with Crippen molar-refractivity contribution in [3.63, 3.8) is 0 Å². The second-order valence-electron chi connectivity index (χ2n) is 6.70. The fraction of sp³-hybridized carbons (Fsp3) is 0.444. The molecule has 1 aromatic carbocycles. The number of amides is 1. The molecule has 0 radical (unpaired) electrons. The molecule has 2 aromatic rings. The molecular weight excluding hydrogens is 322 g/mol. The maximum Gasteiger partial charge on any atom is 0.271 e. The number of aliphatic hydroxyl groups is 1. The number of benzene rings is 1. The van der Waals surface area contributed by atoms with Crippen molar-refractivity contribution in [1.29, 1.82) is 0 Å². The molecule has 4 atom stereocenters. The van der Waals surface area contributed by atoms with E-state index in [1.807, 2.05) is 30.3 Å². The van der Waals surface area contributed by atoms with E-state index in [-0.39, 0.29) is 11.9 Å². The van der Waals surface area contributed by atoms with Gasteiger partial charge in [0.15, 0.2) is 0 Å². The van der Waals surface area contributed by atoms with Gasteiger partial charge in [-0.1, -0.05) is 30.3 Å². The van der Waals surface area contributed by atoms with E-state index in [9.17, 15) is 9.90 Å². The van der Waals surface area contributed by atoms with Gasteiger partial charge in [-0.05, 0) is 37.8 Å². The Labute approximate surface area is 145 Å². The molecule has 1 amide bonds. The molecule has 2 fully saturated rings. The fourth-order valence-corrected chi connectivity index (χ4v) is 4.59. The minimum atomic E-state index is -0.470. The van der Waals surface area contributed by atoms with Gasteiger partial charge >= 0.3 is 0 Å². The lowest BCUT2D eigenvalue weighted by atomic mass is 9.77. The first kappa shape index (κ1) is 15.7. The van der Waals surface area contributed by atoms with Crippen molar-refractivity contribution in [1.82, 2.24) is 15.6 Å². The summed E-state index contributed by atoms with van der Waals surface area (Å²) in [5, 5.41) is 19.3. The molecule has 4 rings (SSSR count). The van der Waals surface area contributed by atoms with Gasteiger partial charge in [0.2, 0.25) is 0 Å².